The quantitative estimate of drug-likeness (QED) is 0.780. The molecule has 1 aliphatic rings. The van der Waals surface area contributed by atoms with Crippen LogP contribution in [0, 0.1) is 0 Å². The van der Waals surface area contributed by atoms with E-state index < -0.39 is 11.9 Å². The molecule has 2 amide bonds. The number of nitrogens with one attached hydrogen (secondary N) is 1. The summed E-state index contributed by atoms with van der Waals surface area (Å²) in [6.45, 7) is 1.19. The maximum absolute atomic E-state index is 11.9. The van der Waals surface area contributed by atoms with E-state index in [-0.39, 0.29) is 29.6 Å². The first-order valence-electron chi connectivity index (χ1n) is 7.22. The van der Waals surface area contributed by atoms with Gasteiger partial charge >= 0.3 is 5.97 Å². The molecule has 7 nitrogen and oxygen atoms in total. The van der Waals surface area contributed by atoms with Gasteiger partial charge in [-0.25, -0.2) is 0 Å². The Morgan fingerprint density at radius 2 is 1.88 bits per heavy atom. The Bertz CT molecular complexity index is 632. The van der Waals surface area contributed by atoms with E-state index in [1.165, 1.54) is 18.2 Å². The normalized spacial score (nSPS) is 14.2. The van der Waals surface area contributed by atoms with Gasteiger partial charge in [-0.1, -0.05) is 23.2 Å². The zero-order valence-electron chi connectivity index (χ0n) is 12.7. The monoisotopic (exact) mass is 374 g/mol. The molecule has 1 aliphatic heterocycles. The van der Waals surface area contributed by atoms with Gasteiger partial charge < -0.3 is 19.7 Å². The van der Waals surface area contributed by atoms with Gasteiger partial charge in [-0.05, 0) is 18.2 Å². The molecule has 1 saturated heterocycles. The number of carbonyl (C=O) groups excluding carboxylic acids is 3. The van der Waals surface area contributed by atoms with Crippen molar-refractivity contribution in [2.75, 3.05) is 39.5 Å². The van der Waals surface area contributed by atoms with Gasteiger partial charge in [0.2, 0.25) is 0 Å². The molecule has 1 aromatic rings. The summed E-state index contributed by atoms with van der Waals surface area (Å²) < 4.78 is 9.98. The highest BCUT2D eigenvalue weighted by molar-refractivity contribution is 6.42. The molecule has 0 saturated carbocycles. The number of morpholine rings is 1. The summed E-state index contributed by atoms with van der Waals surface area (Å²) in [6, 6.07) is 4.36. The number of hydrogen-bond acceptors (Lipinski definition) is 5. The van der Waals surface area contributed by atoms with Crippen LogP contribution in [0.25, 0.3) is 0 Å². The lowest BCUT2D eigenvalue weighted by Gasteiger charge is -2.26. The summed E-state index contributed by atoms with van der Waals surface area (Å²) in [4.78, 5) is 36.9. The third kappa shape index (κ3) is 5.36. The standard InChI is InChI=1S/C15H16Cl2N2O5/c16-11-2-1-10(7-12(11)17)15(22)18-8-14(21)24-9-13(20)19-3-5-23-6-4-19/h1-2,7H,3-6,8-9H2,(H,18,22). The number of benzene rings is 1. The number of rotatable bonds is 5. The molecule has 0 aromatic heterocycles. The van der Waals surface area contributed by atoms with Crippen molar-refractivity contribution in [2.24, 2.45) is 0 Å². The molecule has 2 rings (SSSR count). The fraction of sp³-hybridized carbons (Fsp3) is 0.400. The van der Waals surface area contributed by atoms with Gasteiger partial charge in [0.15, 0.2) is 6.61 Å². The van der Waals surface area contributed by atoms with Gasteiger partial charge in [0.05, 0.1) is 23.3 Å². The van der Waals surface area contributed by atoms with Crippen LogP contribution in [0.5, 0.6) is 0 Å². The summed E-state index contributed by atoms with van der Waals surface area (Å²) in [5.74, 6) is -1.49. The third-order valence-corrected chi connectivity index (χ3v) is 4.03. The topological polar surface area (TPSA) is 84.9 Å². The highest BCUT2D eigenvalue weighted by atomic mass is 35.5. The zero-order chi connectivity index (χ0) is 17.5. The average Bonchev–Trinajstić information content (AvgIpc) is 2.60. The van der Waals surface area contributed by atoms with E-state index in [1.807, 2.05) is 0 Å². The Morgan fingerprint density at radius 3 is 2.54 bits per heavy atom. The SMILES string of the molecule is O=C(CNC(=O)c1ccc(Cl)c(Cl)c1)OCC(=O)N1CCOCC1. The van der Waals surface area contributed by atoms with Crippen LogP contribution in [0.15, 0.2) is 18.2 Å². The van der Waals surface area contributed by atoms with Crippen molar-refractivity contribution in [1.29, 1.82) is 0 Å². The lowest BCUT2D eigenvalue weighted by atomic mass is 10.2. The second kappa shape index (κ2) is 8.86. The Hall–Kier alpha value is -1.83. The van der Waals surface area contributed by atoms with Gasteiger partial charge in [-0.15, -0.1) is 0 Å². The molecule has 1 fully saturated rings. The van der Waals surface area contributed by atoms with E-state index >= 15 is 0 Å². The number of hydrogen-bond donors (Lipinski definition) is 1. The van der Waals surface area contributed by atoms with Gasteiger partial charge in [0.1, 0.15) is 6.54 Å². The van der Waals surface area contributed by atoms with E-state index in [0.717, 1.165) is 0 Å². The predicted octanol–water partition coefficient (Wildman–Crippen LogP) is 1.13. The Balaban J connectivity index is 1.73. The van der Waals surface area contributed by atoms with Crippen LogP contribution >= 0.6 is 23.2 Å². The molecule has 0 spiro atoms. The van der Waals surface area contributed by atoms with Crippen LogP contribution < -0.4 is 5.32 Å². The minimum Gasteiger partial charge on any atom is -0.454 e. The molecule has 0 aliphatic carbocycles. The molecule has 0 atom stereocenters. The van der Waals surface area contributed by atoms with Crippen molar-refractivity contribution in [3.8, 4) is 0 Å². The Morgan fingerprint density at radius 1 is 1.17 bits per heavy atom. The van der Waals surface area contributed by atoms with Gasteiger partial charge in [-0.2, -0.15) is 0 Å². The largest absolute Gasteiger partial charge is 0.454 e. The van der Waals surface area contributed by atoms with Crippen LogP contribution in [0.4, 0.5) is 0 Å². The number of esters is 1. The summed E-state index contributed by atoms with van der Waals surface area (Å²) in [5.41, 5.74) is 0.265. The van der Waals surface area contributed by atoms with Crippen LogP contribution in [0.2, 0.25) is 10.0 Å². The van der Waals surface area contributed by atoms with E-state index in [1.54, 1.807) is 4.90 Å². The summed E-state index contributed by atoms with van der Waals surface area (Å²) in [7, 11) is 0. The molecule has 0 unspecified atom stereocenters. The molecule has 0 radical (unpaired) electrons. The molecular weight excluding hydrogens is 359 g/mol. The maximum atomic E-state index is 11.9. The van der Waals surface area contributed by atoms with Crippen LogP contribution in [-0.4, -0.2) is 62.1 Å². The van der Waals surface area contributed by atoms with Gasteiger partial charge in [0.25, 0.3) is 11.8 Å². The van der Waals surface area contributed by atoms with E-state index in [2.05, 4.69) is 5.32 Å². The Labute approximate surface area is 148 Å². The first-order valence-corrected chi connectivity index (χ1v) is 7.97. The first kappa shape index (κ1) is 18.5. The van der Waals surface area contributed by atoms with Crippen molar-refractivity contribution in [2.45, 2.75) is 0 Å². The van der Waals surface area contributed by atoms with Crippen LogP contribution in [-0.2, 0) is 19.1 Å². The second-order valence-electron chi connectivity index (χ2n) is 4.97. The fourth-order valence-electron chi connectivity index (χ4n) is 1.99. The van der Waals surface area contributed by atoms with Gasteiger partial charge in [-0.3, -0.25) is 14.4 Å². The summed E-state index contributed by atoms with van der Waals surface area (Å²) in [5, 5.41) is 2.96. The van der Waals surface area contributed by atoms with Crippen molar-refractivity contribution >= 4 is 41.0 Å². The van der Waals surface area contributed by atoms with Crippen LogP contribution in [0.1, 0.15) is 10.4 Å². The zero-order valence-corrected chi connectivity index (χ0v) is 14.2. The number of ether oxygens (including phenoxy) is 2. The fourth-order valence-corrected chi connectivity index (χ4v) is 2.29. The first-order chi connectivity index (χ1) is 11.5. The minimum atomic E-state index is -0.704. The van der Waals surface area contributed by atoms with E-state index in [9.17, 15) is 14.4 Å². The van der Waals surface area contributed by atoms with Crippen molar-refractivity contribution in [1.82, 2.24) is 10.2 Å². The molecular formula is C15H16Cl2N2O5. The number of carbonyl (C=O) groups is 3. The van der Waals surface area contributed by atoms with Crippen LogP contribution in [0.3, 0.4) is 0 Å². The summed E-state index contributed by atoms with van der Waals surface area (Å²) >= 11 is 11.6. The number of nitrogens with zero attached hydrogens (tertiary/aromatic N) is 1. The second-order valence-corrected chi connectivity index (χ2v) is 5.78. The molecule has 0 bridgehead atoms. The lowest BCUT2D eigenvalue weighted by molar-refractivity contribution is -0.152. The number of amides is 2. The maximum Gasteiger partial charge on any atom is 0.325 e. The highest BCUT2D eigenvalue weighted by Gasteiger charge is 2.18. The predicted molar refractivity (Wildman–Crippen MR) is 87.2 cm³/mol. The molecule has 130 valence electrons. The average molecular weight is 375 g/mol. The molecule has 1 N–H and O–H groups in total. The van der Waals surface area contributed by atoms with E-state index in [0.29, 0.717) is 31.3 Å². The molecule has 9 heteroatoms. The van der Waals surface area contributed by atoms with Crippen molar-refractivity contribution < 1.29 is 23.9 Å². The smallest absolute Gasteiger partial charge is 0.325 e. The Kier molecular flexibility index (Phi) is 6.84. The van der Waals surface area contributed by atoms with E-state index in [4.69, 9.17) is 32.7 Å². The molecule has 1 heterocycles. The minimum absolute atomic E-state index is 0.239. The number of halogens is 2. The van der Waals surface area contributed by atoms with Crippen molar-refractivity contribution in [3.63, 3.8) is 0 Å². The van der Waals surface area contributed by atoms with Gasteiger partial charge in [0, 0.05) is 18.7 Å². The molecule has 24 heavy (non-hydrogen) atoms. The highest BCUT2D eigenvalue weighted by Crippen LogP contribution is 2.22. The molecule has 1 aromatic carbocycles. The third-order valence-electron chi connectivity index (χ3n) is 3.30. The summed E-state index contributed by atoms with van der Waals surface area (Å²) in [6.07, 6.45) is 0. The van der Waals surface area contributed by atoms with Crippen molar-refractivity contribution in [3.05, 3.63) is 33.8 Å². The lowest BCUT2D eigenvalue weighted by Crippen LogP contribution is -2.43.